The molecule has 0 radical (unpaired) electrons. The maximum atomic E-state index is 12.8. The quantitative estimate of drug-likeness (QED) is 0.368. The number of thiophene rings is 1. The van der Waals surface area contributed by atoms with Crippen LogP contribution in [0.15, 0.2) is 30.5 Å². The molecule has 0 fully saturated rings. The summed E-state index contributed by atoms with van der Waals surface area (Å²) in [6.07, 6.45) is 0.233. The van der Waals surface area contributed by atoms with Crippen molar-refractivity contribution in [1.29, 1.82) is 0 Å². The first-order valence-electron chi connectivity index (χ1n) is 8.86. The highest BCUT2D eigenvalue weighted by atomic mass is 35.5. The van der Waals surface area contributed by atoms with E-state index in [2.05, 4.69) is 24.7 Å². The van der Waals surface area contributed by atoms with E-state index >= 15 is 0 Å². The molecule has 0 saturated carbocycles. The van der Waals surface area contributed by atoms with Crippen molar-refractivity contribution in [2.45, 2.75) is 32.4 Å². The molecule has 0 aliphatic carbocycles. The Balaban J connectivity index is 2.14. The van der Waals surface area contributed by atoms with Crippen LogP contribution in [0, 0.1) is 0 Å². The number of aromatic nitrogens is 2. The molecule has 0 aromatic carbocycles. The molecule has 166 valence electrons. The van der Waals surface area contributed by atoms with Crippen molar-refractivity contribution in [3.63, 3.8) is 0 Å². The number of fused-ring (bicyclic) bond motifs is 1. The lowest BCUT2D eigenvalue weighted by atomic mass is 10.1. The fourth-order valence-electron chi connectivity index (χ4n) is 2.77. The van der Waals surface area contributed by atoms with Crippen LogP contribution in [0.5, 0.6) is 0 Å². The summed E-state index contributed by atoms with van der Waals surface area (Å²) >= 11 is 13.8. The van der Waals surface area contributed by atoms with Gasteiger partial charge in [0, 0.05) is 16.6 Å². The highest BCUT2D eigenvalue weighted by molar-refractivity contribution is 7.87. The fourth-order valence-corrected chi connectivity index (χ4v) is 5.85. The molecule has 1 unspecified atom stereocenters. The lowest BCUT2D eigenvalue weighted by Gasteiger charge is -2.24. The van der Waals surface area contributed by atoms with Crippen molar-refractivity contribution < 1.29 is 18.3 Å². The third-order valence-corrected chi connectivity index (χ3v) is 7.16. The van der Waals surface area contributed by atoms with Gasteiger partial charge in [0.15, 0.2) is 0 Å². The molecule has 1 amide bonds. The highest BCUT2D eigenvalue weighted by Gasteiger charge is 2.29. The first kappa shape index (κ1) is 23.6. The predicted molar refractivity (Wildman–Crippen MR) is 122 cm³/mol. The standard InChI is InChI=1S/C18H19Cl2N5O4S2/c1-18(2,3)25-31(28,29)24-14(11-8-9-6-7-21-16(20)15(9)30-11)13-10(19)4-5-12(22-13)23-17(26)27/h4-8,14,24-25H,1-3H3,(H,22,23)(H,26,27). The van der Waals surface area contributed by atoms with E-state index < -0.39 is 27.9 Å². The normalized spacial score (nSPS) is 13.3. The second-order valence-electron chi connectivity index (χ2n) is 7.57. The van der Waals surface area contributed by atoms with Crippen molar-refractivity contribution in [2.75, 3.05) is 5.32 Å². The van der Waals surface area contributed by atoms with Gasteiger partial charge in [-0.1, -0.05) is 23.2 Å². The van der Waals surface area contributed by atoms with Crippen molar-refractivity contribution in [3.05, 3.63) is 51.2 Å². The minimum absolute atomic E-state index is 0.000638. The number of carbonyl (C=O) groups is 1. The maximum absolute atomic E-state index is 12.8. The van der Waals surface area contributed by atoms with Crippen molar-refractivity contribution in [1.82, 2.24) is 19.4 Å². The van der Waals surface area contributed by atoms with E-state index in [0.29, 0.717) is 9.58 Å². The number of halogens is 2. The number of rotatable bonds is 6. The Kier molecular flexibility index (Phi) is 6.75. The summed E-state index contributed by atoms with van der Waals surface area (Å²) < 4.78 is 31.4. The van der Waals surface area contributed by atoms with Crippen LogP contribution in [0.3, 0.4) is 0 Å². The van der Waals surface area contributed by atoms with Crippen molar-refractivity contribution in [2.24, 2.45) is 0 Å². The zero-order valence-electron chi connectivity index (χ0n) is 16.6. The molecule has 3 aromatic rings. The van der Waals surface area contributed by atoms with Crippen LogP contribution >= 0.6 is 34.5 Å². The van der Waals surface area contributed by atoms with Crippen LogP contribution in [0.2, 0.25) is 10.2 Å². The van der Waals surface area contributed by atoms with Gasteiger partial charge in [0.05, 0.1) is 15.4 Å². The minimum Gasteiger partial charge on any atom is -0.465 e. The molecule has 31 heavy (non-hydrogen) atoms. The molecule has 3 aromatic heterocycles. The lowest BCUT2D eigenvalue weighted by Crippen LogP contribution is -2.48. The Labute approximate surface area is 193 Å². The monoisotopic (exact) mass is 503 g/mol. The molecule has 3 rings (SSSR count). The van der Waals surface area contributed by atoms with Gasteiger partial charge in [0.25, 0.3) is 10.2 Å². The van der Waals surface area contributed by atoms with E-state index in [1.807, 2.05) is 0 Å². The molecule has 3 heterocycles. The largest absolute Gasteiger partial charge is 0.465 e. The molecule has 13 heteroatoms. The van der Waals surface area contributed by atoms with E-state index in [-0.39, 0.29) is 21.7 Å². The van der Waals surface area contributed by atoms with Gasteiger partial charge >= 0.3 is 6.09 Å². The first-order valence-corrected chi connectivity index (χ1v) is 11.9. The summed E-state index contributed by atoms with van der Waals surface area (Å²) in [4.78, 5) is 19.9. The molecule has 0 saturated heterocycles. The van der Waals surface area contributed by atoms with Crippen LogP contribution in [-0.2, 0) is 10.2 Å². The van der Waals surface area contributed by atoms with E-state index in [0.717, 1.165) is 5.39 Å². The minimum atomic E-state index is -4.01. The van der Waals surface area contributed by atoms with Gasteiger partial charge in [-0.15, -0.1) is 11.3 Å². The van der Waals surface area contributed by atoms with E-state index in [1.54, 1.807) is 39.1 Å². The van der Waals surface area contributed by atoms with Crippen molar-refractivity contribution >= 4 is 66.7 Å². The zero-order valence-corrected chi connectivity index (χ0v) is 19.7. The van der Waals surface area contributed by atoms with Gasteiger partial charge in [-0.25, -0.2) is 14.8 Å². The number of carboxylic acid groups (broad SMARTS) is 1. The second kappa shape index (κ2) is 8.85. The Morgan fingerprint density at radius 3 is 2.55 bits per heavy atom. The smallest absolute Gasteiger partial charge is 0.410 e. The topological polar surface area (TPSA) is 133 Å². The third kappa shape index (κ3) is 6.03. The number of anilines is 1. The molecule has 0 spiro atoms. The highest BCUT2D eigenvalue weighted by Crippen LogP contribution is 2.38. The molecule has 0 aliphatic heterocycles. The van der Waals surface area contributed by atoms with Gasteiger partial charge in [-0.3, -0.25) is 5.32 Å². The zero-order chi connectivity index (χ0) is 23.0. The molecule has 0 aliphatic rings. The predicted octanol–water partition coefficient (Wildman–Crippen LogP) is 4.40. The van der Waals surface area contributed by atoms with E-state index in [1.165, 1.54) is 23.5 Å². The third-order valence-electron chi connectivity index (χ3n) is 3.79. The molecule has 1 atom stereocenters. The van der Waals surface area contributed by atoms with Crippen LogP contribution < -0.4 is 14.8 Å². The fraction of sp³-hybridized carbons (Fsp3) is 0.278. The summed E-state index contributed by atoms with van der Waals surface area (Å²) in [6, 6.07) is 5.31. The van der Waals surface area contributed by atoms with E-state index in [9.17, 15) is 13.2 Å². The van der Waals surface area contributed by atoms with Gasteiger partial charge in [0.2, 0.25) is 0 Å². The van der Waals surface area contributed by atoms with Crippen LogP contribution in [0.4, 0.5) is 10.6 Å². The second-order valence-corrected chi connectivity index (χ2v) is 10.9. The molecular weight excluding hydrogens is 485 g/mol. The van der Waals surface area contributed by atoms with Crippen LogP contribution in [0.25, 0.3) is 10.1 Å². The number of nitrogens with one attached hydrogen (secondary N) is 3. The van der Waals surface area contributed by atoms with Gasteiger partial charge in [-0.05, 0) is 50.4 Å². The molecule has 4 N–H and O–H groups in total. The first-order chi connectivity index (χ1) is 14.3. The average Bonchev–Trinajstić information content (AvgIpc) is 3.04. The number of hydrogen-bond acceptors (Lipinski definition) is 6. The van der Waals surface area contributed by atoms with Gasteiger partial charge in [-0.2, -0.15) is 17.9 Å². The van der Waals surface area contributed by atoms with Crippen LogP contribution in [-0.4, -0.2) is 35.1 Å². The molecule has 9 nitrogen and oxygen atoms in total. The Morgan fingerprint density at radius 2 is 1.94 bits per heavy atom. The summed E-state index contributed by atoms with van der Waals surface area (Å²) in [5.74, 6) is 0.000638. The summed E-state index contributed by atoms with van der Waals surface area (Å²) in [7, 11) is -4.01. The van der Waals surface area contributed by atoms with Crippen LogP contribution in [0.1, 0.15) is 37.4 Å². The summed E-state index contributed by atoms with van der Waals surface area (Å²) in [6.45, 7) is 5.11. The molecule has 0 bridgehead atoms. The van der Waals surface area contributed by atoms with Crippen molar-refractivity contribution in [3.8, 4) is 0 Å². The Morgan fingerprint density at radius 1 is 1.23 bits per heavy atom. The lowest BCUT2D eigenvalue weighted by molar-refractivity contribution is 0.209. The van der Waals surface area contributed by atoms with Gasteiger partial charge < -0.3 is 5.11 Å². The summed E-state index contributed by atoms with van der Waals surface area (Å²) in [5.41, 5.74) is -0.615. The maximum Gasteiger partial charge on any atom is 0.410 e. The van der Waals surface area contributed by atoms with E-state index in [4.69, 9.17) is 28.3 Å². The number of pyridine rings is 2. The average molecular weight is 504 g/mol. The number of nitrogens with zero attached hydrogens (tertiary/aromatic N) is 2. The van der Waals surface area contributed by atoms with Gasteiger partial charge in [0.1, 0.15) is 17.0 Å². The Bertz CT molecular complexity index is 1240. The Hall–Kier alpha value is -2.02. The summed E-state index contributed by atoms with van der Waals surface area (Å²) in [5, 5.41) is 12.3. The molecular formula is C18H19Cl2N5O4S2. The number of hydrogen-bond donors (Lipinski definition) is 4. The number of amides is 1. The SMILES string of the molecule is CC(C)(C)NS(=O)(=O)NC(c1cc2ccnc(Cl)c2s1)c1nc(NC(=O)O)ccc1Cl.